The average Bonchev–Trinajstić information content (AvgIpc) is 2.59. The van der Waals surface area contributed by atoms with Crippen LogP contribution in [-0.2, 0) is 6.54 Å². The van der Waals surface area contributed by atoms with Gasteiger partial charge in [0.25, 0.3) is 5.91 Å². The van der Waals surface area contributed by atoms with Crippen LogP contribution >= 0.6 is 0 Å². The summed E-state index contributed by atoms with van der Waals surface area (Å²) in [4.78, 5) is 21.2. The zero-order valence-electron chi connectivity index (χ0n) is 15.2. The molecule has 2 aromatic carbocycles. The summed E-state index contributed by atoms with van der Waals surface area (Å²) in [6.07, 6.45) is 0. The van der Waals surface area contributed by atoms with Crippen LogP contribution in [0.2, 0.25) is 0 Å². The Morgan fingerprint density at radius 1 is 0.923 bits per heavy atom. The van der Waals surface area contributed by atoms with Crippen molar-refractivity contribution >= 4 is 17.5 Å². The Balaban J connectivity index is 1.73. The normalized spacial score (nSPS) is 10.4. The number of nitrogens with zero attached hydrogens (tertiary/aromatic N) is 2. The van der Waals surface area contributed by atoms with Crippen LogP contribution in [0.3, 0.4) is 0 Å². The first kappa shape index (κ1) is 17.6. The summed E-state index contributed by atoms with van der Waals surface area (Å²) in [6.45, 7) is 6.49. The summed E-state index contributed by atoms with van der Waals surface area (Å²) in [5, 5.41) is 6.07. The topological polar surface area (TPSA) is 66.9 Å². The maximum Gasteiger partial charge on any atom is 0.274 e. The SMILES string of the molecule is Cc1cccc(CNc2nc(C)cc(C(=O)Nc3cccc(C)c3)n2)c1. The standard InChI is InChI=1S/C21H22N4O/c1-14-6-4-8-17(10-14)13-22-21-23-16(3)12-19(25-21)20(26)24-18-9-5-7-15(2)11-18/h4-12H,13H2,1-3H3,(H,24,26)(H,22,23,25). The van der Waals surface area contributed by atoms with Crippen LogP contribution in [0.1, 0.15) is 32.9 Å². The van der Waals surface area contributed by atoms with Gasteiger partial charge in [-0.3, -0.25) is 4.79 Å². The molecule has 1 heterocycles. The second kappa shape index (κ2) is 7.78. The number of aromatic nitrogens is 2. The first-order valence-corrected chi connectivity index (χ1v) is 8.53. The van der Waals surface area contributed by atoms with Crippen LogP contribution in [-0.4, -0.2) is 15.9 Å². The minimum atomic E-state index is -0.250. The van der Waals surface area contributed by atoms with Gasteiger partial charge in [0.1, 0.15) is 5.69 Å². The van der Waals surface area contributed by atoms with Crippen LogP contribution in [0, 0.1) is 20.8 Å². The van der Waals surface area contributed by atoms with E-state index in [1.54, 1.807) is 6.07 Å². The number of carbonyl (C=O) groups excluding carboxylic acids is 1. The molecule has 0 unspecified atom stereocenters. The first-order chi connectivity index (χ1) is 12.5. The predicted octanol–water partition coefficient (Wildman–Crippen LogP) is 4.27. The van der Waals surface area contributed by atoms with Crippen molar-refractivity contribution in [1.29, 1.82) is 0 Å². The molecule has 26 heavy (non-hydrogen) atoms. The van der Waals surface area contributed by atoms with Gasteiger partial charge in [-0.2, -0.15) is 0 Å². The fourth-order valence-corrected chi connectivity index (χ4v) is 2.69. The molecule has 1 amide bonds. The van der Waals surface area contributed by atoms with Crippen LogP contribution < -0.4 is 10.6 Å². The van der Waals surface area contributed by atoms with Crippen LogP contribution in [0.25, 0.3) is 0 Å². The van der Waals surface area contributed by atoms with Crippen molar-refractivity contribution in [3.63, 3.8) is 0 Å². The van der Waals surface area contributed by atoms with Gasteiger partial charge in [0.2, 0.25) is 5.95 Å². The Bertz CT molecular complexity index is 937. The minimum Gasteiger partial charge on any atom is -0.350 e. The summed E-state index contributed by atoms with van der Waals surface area (Å²) in [6, 6.07) is 17.6. The number of hydrogen-bond donors (Lipinski definition) is 2. The molecule has 2 N–H and O–H groups in total. The molecule has 0 fully saturated rings. The number of nitrogens with one attached hydrogen (secondary N) is 2. The van der Waals surface area contributed by atoms with E-state index in [2.05, 4.69) is 39.7 Å². The smallest absolute Gasteiger partial charge is 0.274 e. The molecule has 0 aliphatic heterocycles. The van der Waals surface area contributed by atoms with Gasteiger partial charge in [-0.1, -0.05) is 42.0 Å². The number of rotatable bonds is 5. The molecule has 0 atom stereocenters. The lowest BCUT2D eigenvalue weighted by atomic mass is 10.1. The van der Waals surface area contributed by atoms with E-state index in [0.717, 1.165) is 22.5 Å². The van der Waals surface area contributed by atoms with E-state index in [1.165, 1.54) is 5.56 Å². The highest BCUT2D eigenvalue weighted by molar-refractivity contribution is 6.03. The van der Waals surface area contributed by atoms with Crippen LogP contribution in [0.15, 0.2) is 54.6 Å². The summed E-state index contributed by atoms with van der Waals surface area (Å²) in [5.41, 5.74) is 5.25. The fraction of sp³-hybridized carbons (Fsp3) is 0.190. The number of aryl methyl sites for hydroxylation is 3. The quantitative estimate of drug-likeness (QED) is 0.724. The first-order valence-electron chi connectivity index (χ1n) is 8.53. The van der Waals surface area contributed by atoms with E-state index in [-0.39, 0.29) is 5.91 Å². The molecule has 1 aromatic heterocycles. The average molecular weight is 346 g/mol. The Hall–Kier alpha value is -3.21. The molecular formula is C21H22N4O. The van der Waals surface area contributed by atoms with Gasteiger partial charge >= 0.3 is 0 Å². The van der Waals surface area contributed by atoms with Gasteiger partial charge in [-0.15, -0.1) is 0 Å². The maximum absolute atomic E-state index is 12.5. The third-order valence-corrected chi connectivity index (χ3v) is 3.90. The third-order valence-electron chi connectivity index (χ3n) is 3.90. The fourth-order valence-electron chi connectivity index (χ4n) is 2.69. The molecule has 0 bridgehead atoms. The lowest BCUT2D eigenvalue weighted by Gasteiger charge is -2.10. The summed E-state index contributed by atoms with van der Waals surface area (Å²) in [5.74, 6) is 0.195. The van der Waals surface area contributed by atoms with Gasteiger partial charge in [-0.05, 0) is 50.1 Å². The van der Waals surface area contributed by atoms with Crippen molar-refractivity contribution < 1.29 is 4.79 Å². The number of hydrogen-bond acceptors (Lipinski definition) is 4. The van der Waals surface area contributed by atoms with E-state index in [9.17, 15) is 4.79 Å². The molecule has 3 rings (SSSR count). The molecular weight excluding hydrogens is 324 g/mol. The number of carbonyl (C=O) groups is 1. The molecule has 132 valence electrons. The van der Waals surface area contributed by atoms with Gasteiger partial charge in [0, 0.05) is 17.9 Å². The Kier molecular flexibility index (Phi) is 5.27. The van der Waals surface area contributed by atoms with E-state index in [4.69, 9.17) is 0 Å². The van der Waals surface area contributed by atoms with Crippen molar-refractivity contribution in [2.75, 3.05) is 10.6 Å². The second-order valence-corrected chi connectivity index (χ2v) is 6.38. The summed E-state index contributed by atoms with van der Waals surface area (Å²) >= 11 is 0. The number of anilines is 2. The van der Waals surface area contributed by atoms with Crippen LogP contribution in [0.4, 0.5) is 11.6 Å². The van der Waals surface area contributed by atoms with Gasteiger partial charge in [-0.25, -0.2) is 9.97 Å². The largest absolute Gasteiger partial charge is 0.350 e. The van der Waals surface area contributed by atoms with E-state index in [1.807, 2.05) is 50.2 Å². The molecule has 0 aliphatic rings. The summed E-state index contributed by atoms with van der Waals surface area (Å²) in [7, 11) is 0. The Morgan fingerprint density at radius 2 is 1.65 bits per heavy atom. The maximum atomic E-state index is 12.5. The molecule has 0 spiro atoms. The van der Waals surface area contributed by atoms with Gasteiger partial charge < -0.3 is 10.6 Å². The highest BCUT2D eigenvalue weighted by Gasteiger charge is 2.11. The van der Waals surface area contributed by atoms with E-state index in [0.29, 0.717) is 18.2 Å². The van der Waals surface area contributed by atoms with Crippen molar-refractivity contribution in [1.82, 2.24) is 9.97 Å². The molecule has 0 saturated heterocycles. The highest BCUT2D eigenvalue weighted by Crippen LogP contribution is 2.13. The number of benzene rings is 2. The summed E-state index contributed by atoms with van der Waals surface area (Å²) < 4.78 is 0. The van der Waals surface area contributed by atoms with Crippen molar-refractivity contribution in [3.8, 4) is 0 Å². The highest BCUT2D eigenvalue weighted by atomic mass is 16.1. The van der Waals surface area contributed by atoms with Crippen molar-refractivity contribution in [3.05, 3.63) is 82.7 Å². The molecule has 3 aromatic rings. The Labute approximate surface area is 153 Å². The predicted molar refractivity (Wildman–Crippen MR) is 104 cm³/mol. The van der Waals surface area contributed by atoms with E-state index >= 15 is 0 Å². The lowest BCUT2D eigenvalue weighted by Crippen LogP contribution is -2.16. The lowest BCUT2D eigenvalue weighted by molar-refractivity contribution is 0.102. The number of amides is 1. The zero-order valence-corrected chi connectivity index (χ0v) is 15.2. The van der Waals surface area contributed by atoms with Crippen LogP contribution in [0.5, 0.6) is 0 Å². The molecule has 5 nitrogen and oxygen atoms in total. The minimum absolute atomic E-state index is 0.250. The van der Waals surface area contributed by atoms with Gasteiger partial charge in [0.05, 0.1) is 0 Å². The Morgan fingerprint density at radius 3 is 2.38 bits per heavy atom. The molecule has 0 radical (unpaired) electrons. The molecule has 0 saturated carbocycles. The second-order valence-electron chi connectivity index (χ2n) is 6.38. The van der Waals surface area contributed by atoms with Crippen molar-refractivity contribution in [2.45, 2.75) is 27.3 Å². The molecule has 5 heteroatoms. The third kappa shape index (κ3) is 4.66. The zero-order chi connectivity index (χ0) is 18.5. The van der Waals surface area contributed by atoms with Crippen molar-refractivity contribution in [2.24, 2.45) is 0 Å². The van der Waals surface area contributed by atoms with Gasteiger partial charge in [0.15, 0.2) is 0 Å². The monoisotopic (exact) mass is 346 g/mol. The van der Waals surface area contributed by atoms with E-state index < -0.39 is 0 Å². The molecule has 0 aliphatic carbocycles.